The van der Waals surface area contributed by atoms with Gasteiger partial charge in [0.25, 0.3) is 0 Å². The van der Waals surface area contributed by atoms with E-state index in [1.54, 1.807) is 0 Å². The third kappa shape index (κ3) is 5.60. The van der Waals surface area contributed by atoms with E-state index in [0.29, 0.717) is 24.9 Å². The summed E-state index contributed by atoms with van der Waals surface area (Å²) in [4.78, 5) is 11.2. The number of hydrogen-bond acceptors (Lipinski definition) is 4. The van der Waals surface area contributed by atoms with Gasteiger partial charge in [0.1, 0.15) is 0 Å². The summed E-state index contributed by atoms with van der Waals surface area (Å²) in [6.45, 7) is 0.841. The van der Waals surface area contributed by atoms with Gasteiger partial charge in [-0.1, -0.05) is 0 Å². The second-order valence-corrected chi connectivity index (χ2v) is 4.87. The first kappa shape index (κ1) is 16.5. The highest BCUT2D eigenvalue weighted by atomic mass is 32.2. The van der Waals surface area contributed by atoms with Crippen LogP contribution in [0.4, 0.5) is 13.2 Å². The lowest BCUT2D eigenvalue weighted by atomic mass is 10.0. The standard InChI is InChI=1S/C9H17F3N2O2S/c1-8(13,9(10,11)12)7(16)14-3-6-17-5-2-4-15/h15H,2-6,13H2,1H3,(H,14,16). The maximum atomic E-state index is 12.3. The first-order valence-electron chi connectivity index (χ1n) is 5.06. The molecule has 0 saturated heterocycles. The number of carbonyl (C=O) groups excluding carboxylic acids is 1. The number of aliphatic hydroxyl groups excluding tert-OH is 1. The summed E-state index contributed by atoms with van der Waals surface area (Å²) >= 11 is 1.44. The highest BCUT2D eigenvalue weighted by Crippen LogP contribution is 2.27. The average molecular weight is 274 g/mol. The molecule has 0 aliphatic carbocycles. The summed E-state index contributed by atoms with van der Waals surface area (Å²) in [5.74, 6) is -0.0432. The topological polar surface area (TPSA) is 75.4 Å². The van der Waals surface area contributed by atoms with E-state index >= 15 is 0 Å². The van der Waals surface area contributed by atoms with Crippen LogP contribution in [0.25, 0.3) is 0 Å². The van der Waals surface area contributed by atoms with Gasteiger partial charge in [-0.3, -0.25) is 4.79 Å². The lowest BCUT2D eigenvalue weighted by molar-refractivity contribution is -0.187. The summed E-state index contributed by atoms with van der Waals surface area (Å²) < 4.78 is 37.0. The van der Waals surface area contributed by atoms with Crippen molar-refractivity contribution in [1.82, 2.24) is 5.32 Å². The molecule has 0 aromatic carbocycles. The van der Waals surface area contributed by atoms with Crippen molar-refractivity contribution in [2.24, 2.45) is 5.73 Å². The van der Waals surface area contributed by atoms with Crippen LogP contribution in [-0.2, 0) is 4.79 Å². The lowest BCUT2D eigenvalue weighted by Gasteiger charge is -2.26. The summed E-state index contributed by atoms with van der Waals surface area (Å²) in [6.07, 6.45) is -4.14. The minimum Gasteiger partial charge on any atom is -0.396 e. The molecule has 17 heavy (non-hydrogen) atoms. The quantitative estimate of drug-likeness (QED) is 0.591. The van der Waals surface area contributed by atoms with Crippen molar-refractivity contribution in [3.63, 3.8) is 0 Å². The van der Waals surface area contributed by atoms with Gasteiger partial charge < -0.3 is 16.2 Å². The number of carbonyl (C=O) groups is 1. The summed E-state index contributed by atoms with van der Waals surface area (Å²) in [7, 11) is 0. The van der Waals surface area contributed by atoms with Gasteiger partial charge in [0, 0.05) is 18.9 Å². The molecular weight excluding hydrogens is 257 g/mol. The molecule has 0 aliphatic rings. The Morgan fingerprint density at radius 3 is 2.47 bits per heavy atom. The van der Waals surface area contributed by atoms with Crippen LogP contribution in [0.15, 0.2) is 0 Å². The van der Waals surface area contributed by atoms with Crippen LogP contribution in [-0.4, -0.2) is 47.4 Å². The zero-order valence-corrected chi connectivity index (χ0v) is 10.3. The molecule has 1 amide bonds. The Labute approximate surface area is 102 Å². The number of nitrogens with two attached hydrogens (primary N) is 1. The Kier molecular flexibility index (Phi) is 6.88. The van der Waals surface area contributed by atoms with Crippen molar-refractivity contribution in [2.45, 2.75) is 25.1 Å². The maximum Gasteiger partial charge on any atom is 0.415 e. The van der Waals surface area contributed by atoms with Gasteiger partial charge in [-0.2, -0.15) is 24.9 Å². The monoisotopic (exact) mass is 274 g/mol. The molecule has 0 heterocycles. The first-order chi connectivity index (χ1) is 7.73. The Morgan fingerprint density at radius 1 is 1.41 bits per heavy atom. The van der Waals surface area contributed by atoms with Gasteiger partial charge in [0.2, 0.25) is 5.91 Å². The molecule has 0 rings (SSSR count). The number of halogens is 3. The van der Waals surface area contributed by atoms with Crippen LogP contribution in [0.3, 0.4) is 0 Å². The van der Waals surface area contributed by atoms with E-state index in [4.69, 9.17) is 10.8 Å². The highest BCUT2D eigenvalue weighted by molar-refractivity contribution is 7.99. The molecule has 4 N–H and O–H groups in total. The SMILES string of the molecule is CC(N)(C(=O)NCCSCCCO)C(F)(F)F. The van der Waals surface area contributed by atoms with E-state index in [9.17, 15) is 18.0 Å². The predicted molar refractivity (Wildman–Crippen MR) is 60.7 cm³/mol. The molecule has 0 fully saturated rings. The largest absolute Gasteiger partial charge is 0.415 e. The van der Waals surface area contributed by atoms with E-state index < -0.39 is 17.6 Å². The molecule has 1 atom stereocenters. The lowest BCUT2D eigenvalue weighted by Crippen LogP contribution is -2.61. The number of amides is 1. The van der Waals surface area contributed by atoms with Gasteiger partial charge >= 0.3 is 6.18 Å². The van der Waals surface area contributed by atoms with Crippen molar-refractivity contribution in [3.05, 3.63) is 0 Å². The van der Waals surface area contributed by atoms with Crippen molar-refractivity contribution in [1.29, 1.82) is 0 Å². The fourth-order valence-electron chi connectivity index (χ4n) is 0.818. The molecule has 0 bridgehead atoms. The number of rotatable bonds is 7. The molecule has 0 saturated carbocycles. The molecule has 4 nitrogen and oxygen atoms in total. The van der Waals surface area contributed by atoms with E-state index in [0.717, 1.165) is 0 Å². The molecule has 0 spiro atoms. The van der Waals surface area contributed by atoms with Crippen LogP contribution < -0.4 is 11.1 Å². The second kappa shape index (κ2) is 7.07. The van der Waals surface area contributed by atoms with Gasteiger partial charge in [-0.25, -0.2) is 0 Å². The summed E-state index contributed by atoms with van der Waals surface area (Å²) in [6, 6.07) is 0. The van der Waals surface area contributed by atoms with Crippen LogP contribution in [0, 0.1) is 0 Å². The molecule has 0 aliphatic heterocycles. The molecule has 0 radical (unpaired) electrons. The number of thioether (sulfide) groups is 1. The number of aliphatic hydroxyl groups is 1. The van der Waals surface area contributed by atoms with Gasteiger partial charge in [-0.15, -0.1) is 0 Å². The van der Waals surface area contributed by atoms with Crippen LogP contribution in [0.5, 0.6) is 0 Å². The van der Waals surface area contributed by atoms with Crippen molar-refractivity contribution in [3.8, 4) is 0 Å². The third-order valence-corrected chi connectivity index (χ3v) is 3.11. The Bertz CT molecular complexity index is 247. The number of nitrogens with one attached hydrogen (secondary N) is 1. The van der Waals surface area contributed by atoms with Crippen molar-refractivity contribution >= 4 is 17.7 Å². The number of hydrogen-bond donors (Lipinski definition) is 3. The minimum atomic E-state index is -4.76. The zero-order chi connectivity index (χ0) is 13.5. The summed E-state index contributed by atoms with van der Waals surface area (Å²) in [5.41, 5.74) is 2.06. The van der Waals surface area contributed by atoms with E-state index in [2.05, 4.69) is 5.32 Å². The smallest absolute Gasteiger partial charge is 0.396 e. The second-order valence-electron chi connectivity index (χ2n) is 3.65. The third-order valence-electron chi connectivity index (χ3n) is 2.04. The van der Waals surface area contributed by atoms with Crippen LogP contribution in [0.2, 0.25) is 0 Å². The average Bonchev–Trinajstić information content (AvgIpc) is 2.21. The highest BCUT2D eigenvalue weighted by Gasteiger charge is 2.53. The van der Waals surface area contributed by atoms with Gasteiger partial charge in [-0.05, 0) is 19.1 Å². The van der Waals surface area contributed by atoms with E-state index in [1.807, 2.05) is 0 Å². The Hall–Kier alpha value is -0.470. The number of alkyl halides is 3. The molecule has 0 aromatic rings. The van der Waals surface area contributed by atoms with E-state index in [1.165, 1.54) is 11.8 Å². The molecule has 1 unspecified atom stereocenters. The molecule has 0 aromatic heterocycles. The fraction of sp³-hybridized carbons (Fsp3) is 0.889. The van der Waals surface area contributed by atoms with Crippen molar-refractivity contribution < 1.29 is 23.1 Å². The molecular formula is C9H17F3N2O2S. The van der Waals surface area contributed by atoms with Gasteiger partial charge in [0.05, 0.1) is 0 Å². The minimum absolute atomic E-state index is 0.0777. The molecule has 8 heteroatoms. The maximum absolute atomic E-state index is 12.3. The zero-order valence-electron chi connectivity index (χ0n) is 9.51. The van der Waals surface area contributed by atoms with Gasteiger partial charge in [0.15, 0.2) is 5.54 Å². The van der Waals surface area contributed by atoms with Crippen LogP contribution in [0.1, 0.15) is 13.3 Å². The van der Waals surface area contributed by atoms with Crippen LogP contribution >= 0.6 is 11.8 Å². The predicted octanol–water partition coefficient (Wildman–Crippen LogP) is 0.498. The van der Waals surface area contributed by atoms with E-state index in [-0.39, 0.29) is 13.2 Å². The summed E-state index contributed by atoms with van der Waals surface area (Å²) in [5, 5.41) is 10.6. The Morgan fingerprint density at radius 2 is 2.00 bits per heavy atom. The van der Waals surface area contributed by atoms with Crippen molar-refractivity contribution in [2.75, 3.05) is 24.7 Å². The first-order valence-corrected chi connectivity index (χ1v) is 6.21. The molecule has 102 valence electrons. The fourth-order valence-corrected chi connectivity index (χ4v) is 1.60. The normalized spacial score (nSPS) is 15.4. The Balaban J connectivity index is 3.87.